The quantitative estimate of drug-likeness (QED) is 0.386. The highest BCUT2D eigenvalue weighted by molar-refractivity contribution is 5.22. The first-order valence-corrected chi connectivity index (χ1v) is 4.71. The van der Waals surface area contributed by atoms with E-state index in [1.54, 1.807) is 6.08 Å². The third-order valence-corrected chi connectivity index (χ3v) is 1.82. The lowest BCUT2D eigenvalue weighted by Gasteiger charge is -1.97. The molecule has 0 aromatic carbocycles. The summed E-state index contributed by atoms with van der Waals surface area (Å²) in [4.78, 5) is 3.81. The van der Waals surface area contributed by atoms with E-state index < -0.39 is 0 Å². The normalized spacial score (nSPS) is 10.8. The monoisotopic (exact) mass is 165 g/mol. The van der Waals surface area contributed by atoms with Crippen molar-refractivity contribution in [1.29, 1.82) is 0 Å². The van der Waals surface area contributed by atoms with Crippen molar-refractivity contribution < 1.29 is 0 Å². The molecule has 1 heteroatoms. The summed E-state index contributed by atoms with van der Waals surface area (Å²) in [5, 5.41) is 0. The van der Waals surface area contributed by atoms with Crippen molar-refractivity contribution in [1.82, 2.24) is 0 Å². The Morgan fingerprint density at radius 2 is 1.75 bits per heavy atom. The standard InChI is InChI=1S/C11H19N/c1-3-4-5-6-7-8-9-10-11-12-2/h1,3-4H,2,5-11H2/b4-3+. The molecule has 0 aliphatic carbocycles. The summed E-state index contributed by atoms with van der Waals surface area (Å²) in [6.07, 6.45) is 11.1. The van der Waals surface area contributed by atoms with Crippen molar-refractivity contribution in [3.05, 3.63) is 19.1 Å². The van der Waals surface area contributed by atoms with Gasteiger partial charge in [-0.05, 0) is 32.9 Å². The Morgan fingerprint density at radius 1 is 1.08 bits per heavy atom. The van der Waals surface area contributed by atoms with Gasteiger partial charge in [-0.1, -0.05) is 31.4 Å². The van der Waals surface area contributed by atoms with E-state index >= 15 is 0 Å². The Balaban J connectivity index is 2.86. The fourth-order valence-electron chi connectivity index (χ4n) is 1.11. The highest BCUT2D eigenvalue weighted by atomic mass is 14.7. The Morgan fingerprint density at radius 3 is 2.42 bits per heavy atom. The minimum atomic E-state index is 0.919. The van der Waals surface area contributed by atoms with Crippen LogP contribution in [0, 0.1) is 6.92 Å². The van der Waals surface area contributed by atoms with Crippen molar-refractivity contribution in [2.75, 3.05) is 6.54 Å². The Bertz CT molecular complexity index is 116. The van der Waals surface area contributed by atoms with Crippen molar-refractivity contribution >= 4 is 6.72 Å². The van der Waals surface area contributed by atoms with Gasteiger partial charge in [-0.2, -0.15) is 0 Å². The smallest absolute Gasteiger partial charge is 0.0382 e. The molecule has 0 spiro atoms. The minimum Gasteiger partial charge on any atom is -0.301 e. The van der Waals surface area contributed by atoms with Crippen LogP contribution in [0.1, 0.15) is 38.5 Å². The van der Waals surface area contributed by atoms with Crippen LogP contribution in [0.2, 0.25) is 0 Å². The number of nitrogens with zero attached hydrogens (tertiary/aromatic N) is 1. The van der Waals surface area contributed by atoms with Crippen LogP contribution in [0.3, 0.4) is 0 Å². The zero-order valence-electron chi connectivity index (χ0n) is 7.84. The lowest BCUT2D eigenvalue weighted by Crippen LogP contribution is -1.81. The second-order valence-corrected chi connectivity index (χ2v) is 2.93. The first kappa shape index (κ1) is 11.4. The molecule has 0 bridgehead atoms. The molecule has 12 heavy (non-hydrogen) atoms. The van der Waals surface area contributed by atoms with Crippen LogP contribution in [-0.4, -0.2) is 13.3 Å². The van der Waals surface area contributed by atoms with E-state index in [1.807, 2.05) is 6.08 Å². The first-order valence-electron chi connectivity index (χ1n) is 4.71. The molecule has 68 valence electrons. The van der Waals surface area contributed by atoms with E-state index in [-0.39, 0.29) is 0 Å². The molecule has 0 aromatic rings. The summed E-state index contributed by atoms with van der Waals surface area (Å²) in [7, 11) is 0. The first-order chi connectivity index (χ1) is 5.91. The van der Waals surface area contributed by atoms with Gasteiger partial charge in [0.05, 0.1) is 0 Å². The summed E-state index contributed by atoms with van der Waals surface area (Å²) in [6.45, 7) is 9.57. The summed E-state index contributed by atoms with van der Waals surface area (Å²) in [5.74, 6) is 0. The summed E-state index contributed by atoms with van der Waals surface area (Å²) >= 11 is 0. The van der Waals surface area contributed by atoms with Crippen LogP contribution in [0.5, 0.6) is 0 Å². The van der Waals surface area contributed by atoms with E-state index in [4.69, 9.17) is 6.92 Å². The van der Waals surface area contributed by atoms with Gasteiger partial charge in [0.15, 0.2) is 0 Å². The van der Waals surface area contributed by atoms with E-state index in [1.165, 1.54) is 32.1 Å². The van der Waals surface area contributed by atoms with Crippen molar-refractivity contribution in [2.24, 2.45) is 4.99 Å². The van der Waals surface area contributed by atoms with Crippen LogP contribution in [0.25, 0.3) is 0 Å². The molecule has 0 N–H and O–H groups in total. The maximum atomic E-state index is 5.21. The average Bonchev–Trinajstić information content (AvgIpc) is 2.10. The minimum absolute atomic E-state index is 0.919. The molecule has 0 aliphatic heterocycles. The lowest BCUT2D eigenvalue weighted by molar-refractivity contribution is 0.623. The number of aliphatic imine (C=N–C) groups is 1. The van der Waals surface area contributed by atoms with Crippen LogP contribution < -0.4 is 0 Å². The van der Waals surface area contributed by atoms with Gasteiger partial charge >= 0.3 is 0 Å². The zero-order chi connectivity index (χ0) is 9.07. The predicted octanol–water partition coefficient (Wildman–Crippen LogP) is 3.29. The predicted molar refractivity (Wildman–Crippen MR) is 55.6 cm³/mol. The molecule has 0 saturated carbocycles. The van der Waals surface area contributed by atoms with Crippen LogP contribution >= 0.6 is 0 Å². The van der Waals surface area contributed by atoms with Gasteiger partial charge in [0.1, 0.15) is 0 Å². The van der Waals surface area contributed by atoms with Crippen molar-refractivity contribution in [3.63, 3.8) is 0 Å². The van der Waals surface area contributed by atoms with E-state index in [0.29, 0.717) is 0 Å². The van der Waals surface area contributed by atoms with Crippen LogP contribution in [0.15, 0.2) is 17.1 Å². The fourth-order valence-corrected chi connectivity index (χ4v) is 1.11. The summed E-state index contributed by atoms with van der Waals surface area (Å²) in [5.41, 5.74) is 0. The van der Waals surface area contributed by atoms with Gasteiger partial charge in [-0.15, -0.1) is 0 Å². The average molecular weight is 165 g/mol. The number of hydrogen-bond donors (Lipinski definition) is 0. The molecule has 0 unspecified atom stereocenters. The van der Waals surface area contributed by atoms with Crippen molar-refractivity contribution in [2.45, 2.75) is 38.5 Å². The molecule has 0 heterocycles. The SMILES string of the molecule is [CH]/C=C/CCCCCCCN=C. The molecular formula is C11H19N. The molecule has 0 fully saturated rings. The molecular weight excluding hydrogens is 146 g/mol. The third-order valence-electron chi connectivity index (χ3n) is 1.82. The fraction of sp³-hybridized carbons (Fsp3) is 0.636. The molecule has 0 aliphatic rings. The van der Waals surface area contributed by atoms with Gasteiger partial charge in [-0.3, -0.25) is 0 Å². The van der Waals surface area contributed by atoms with E-state index in [2.05, 4.69) is 11.7 Å². The van der Waals surface area contributed by atoms with E-state index in [9.17, 15) is 0 Å². The van der Waals surface area contributed by atoms with Gasteiger partial charge in [0.2, 0.25) is 0 Å². The maximum absolute atomic E-state index is 5.21. The molecule has 0 aromatic heterocycles. The van der Waals surface area contributed by atoms with Gasteiger partial charge < -0.3 is 4.99 Å². The number of hydrogen-bond acceptors (Lipinski definition) is 1. The Kier molecular flexibility index (Phi) is 9.90. The van der Waals surface area contributed by atoms with E-state index in [0.717, 1.165) is 13.0 Å². The number of allylic oxidation sites excluding steroid dienone is 2. The van der Waals surface area contributed by atoms with Gasteiger partial charge in [0, 0.05) is 6.54 Å². The maximum Gasteiger partial charge on any atom is 0.0382 e. The largest absolute Gasteiger partial charge is 0.301 e. The summed E-state index contributed by atoms with van der Waals surface area (Å²) < 4.78 is 0. The summed E-state index contributed by atoms with van der Waals surface area (Å²) in [6, 6.07) is 0. The molecule has 0 rings (SSSR count). The third kappa shape index (κ3) is 9.41. The topological polar surface area (TPSA) is 12.4 Å². The highest BCUT2D eigenvalue weighted by Gasteiger charge is 1.87. The highest BCUT2D eigenvalue weighted by Crippen LogP contribution is 2.05. The Hall–Kier alpha value is -0.590. The second-order valence-electron chi connectivity index (χ2n) is 2.93. The van der Waals surface area contributed by atoms with Gasteiger partial charge in [-0.25, -0.2) is 0 Å². The number of rotatable bonds is 8. The van der Waals surface area contributed by atoms with Crippen LogP contribution in [0.4, 0.5) is 0 Å². The zero-order valence-corrected chi connectivity index (χ0v) is 7.84. The van der Waals surface area contributed by atoms with Crippen molar-refractivity contribution in [3.8, 4) is 0 Å². The number of unbranched alkanes of at least 4 members (excludes halogenated alkanes) is 5. The van der Waals surface area contributed by atoms with Gasteiger partial charge in [0.25, 0.3) is 0 Å². The second kappa shape index (κ2) is 10.4. The lowest BCUT2D eigenvalue weighted by atomic mass is 10.1. The molecule has 0 amide bonds. The molecule has 2 radical (unpaired) electrons. The van der Waals surface area contributed by atoms with Crippen LogP contribution in [-0.2, 0) is 0 Å². The molecule has 0 atom stereocenters. The Labute approximate surface area is 76.6 Å². The molecule has 0 saturated heterocycles. The molecule has 1 nitrogen and oxygen atoms in total.